The van der Waals surface area contributed by atoms with Crippen LogP contribution in [0.25, 0.3) is 0 Å². The third-order valence-electron chi connectivity index (χ3n) is 2.06. The van der Waals surface area contributed by atoms with E-state index in [-0.39, 0.29) is 18.0 Å². The summed E-state index contributed by atoms with van der Waals surface area (Å²) >= 11 is 0. The molecule has 0 heterocycles. The van der Waals surface area contributed by atoms with Crippen LogP contribution in [0.2, 0.25) is 0 Å². The summed E-state index contributed by atoms with van der Waals surface area (Å²) in [5.74, 6) is -0.487. The van der Waals surface area contributed by atoms with Gasteiger partial charge in [0.15, 0.2) is 0 Å². The van der Waals surface area contributed by atoms with E-state index in [2.05, 4.69) is 9.46 Å². The molecule has 0 spiro atoms. The Bertz CT molecular complexity index is 553. The largest absolute Gasteiger partial charge is 0.573 e. The van der Waals surface area contributed by atoms with Crippen molar-refractivity contribution < 1.29 is 26.3 Å². The maximum atomic E-state index is 11.9. The second-order valence-corrected chi connectivity index (χ2v) is 5.35. The lowest BCUT2D eigenvalue weighted by molar-refractivity contribution is -0.274. The number of hydrogen-bond donors (Lipinski definition) is 2. The smallest absolute Gasteiger partial charge is 0.406 e. The molecule has 0 radical (unpaired) electrons. The van der Waals surface area contributed by atoms with Gasteiger partial charge in [-0.15, -0.1) is 13.2 Å². The van der Waals surface area contributed by atoms with Crippen LogP contribution in [-0.4, -0.2) is 27.9 Å². The van der Waals surface area contributed by atoms with Crippen LogP contribution >= 0.6 is 0 Å². The molecule has 0 fully saturated rings. The van der Waals surface area contributed by atoms with Crippen molar-refractivity contribution >= 4 is 10.0 Å². The predicted octanol–water partition coefficient (Wildman–Crippen LogP) is 1.38. The molecule has 0 bridgehead atoms. The SMILES string of the molecule is NC/C=C/CNS(=O)(=O)c1ccc(OC(F)(F)F)cc1. The molecule has 1 aromatic rings. The van der Waals surface area contributed by atoms with Crippen LogP contribution < -0.4 is 15.2 Å². The van der Waals surface area contributed by atoms with Crippen LogP contribution in [0.3, 0.4) is 0 Å². The average Bonchev–Trinajstić information content (AvgIpc) is 2.33. The summed E-state index contributed by atoms with van der Waals surface area (Å²) in [7, 11) is -3.78. The van der Waals surface area contributed by atoms with E-state index < -0.39 is 22.1 Å². The van der Waals surface area contributed by atoms with Gasteiger partial charge < -0.3 is 10.5 Å². The second kappa shape index (κ2) is 6.73. The molecule has 0 aliphatic heterocycles. The fraction of sp³-hybridized carbons (Fsp3) is 0.273. The molecule has 0 aromatic heterocycles. The van der Waals surface area contributed by atoms with Crippen molar-refractivity contribution in [3.8, 4) is 5.75 Å². The van der Waals surface area contributed by atoms with Gasteiger partial charge in [0.25, 0.3) is 0 Å². The lowest BCUT2D eigenvalue weighted by atomic mass is 10.3. The maximum Gasteiger partial charge on any atom is 0.573 e. The fourth-order valence-corrected chi connectivity index (χ4v) is 2.22. The van der Waals surface area contributed by atoms with Gasteiger partial charge in [-0.25, -0.2) is 13.1 Å². The van der Waals surface area contributed by atoms with Crippen LogP contribution in [0, 0.1) is 0 Å². The van der Waals surface area contributed by atoms with E-state index in [1.165, 1.54) is 6.08 Å². The Morgan fingerprint density at radius 3 is 2.30 bits per heavy atom. The summed E-state index contributed by atoms with van der Waals surface area (Å²) in [6, 6.07) is 3.90. The lowest BCUT2D eigenvalue weighted by Crippen LogP contribution is -2.24. The van der Waals surface area contributed by atoms with Crippen molar-refractivity contribution in [2.75, 3.05) is 13.1 Å². The Hall–Kier alpha value is -1.58. The number of nitrogens with two attached hydrogens (primary N) is 1. The van der Waals surface area contributed by atoms with Crippen molar-refractivity contribution in [2.45, 2.75) is 11.3 Å². The Balaban J connectivity index is 2.74. The van der Waals surface area contributed by atoms with Crippen LogP contribution in [0.15, 0.2) is 41.3 Å². The van der Waals surface area contributed by atoms with E-state index in [0.29, 0.717) is 0 Å². The number of halogens is 3. The highest BCUT2D eigenvalue weighted by Crippen LogP contribution is 2.23. The Morgan fingerprint density at radius 1 is 1.20 bits per heavy atom. The van der Waals surface area contributed by atoms with Gasteiger partial charge in [-0.2, -0.15) is 0 Å². The standard InChI is InChI=1S/C11H13F3N2O3S/c12-11(13,14)19-9-3-5-10(6-4-9)20(17,18)16-8-2-1-7-15/h1-6,16H,7-8,15H2/b2-1+. The Morgan fingerprint density at radius 2 is 1.80 bits per heavy atom. The quantitative estimate of drug-likeness (QED) is 0.778. The first-order valence-corrected chi connectivity index (χ1v) is 6.93. The third-order valence-corrected chi connectivity index (χ3v) is 3.50. The van der Waals surface area contributed by atoms with Gasteiger partial charge in [0.1, 0.15) is 5.75 Å². The Labute approximate surface area is 114 Å². The monoisotopic (exact) mass is 310 g/mol. The van der Waals surface area contributed by atoms with E-state index >= 15 is 0 Å². The summed E-state index contributed by atoms with van der Waals surface area (Å²) in [4.78, 5) is -0.159. The number of rotatable bonds is 6. The third kappa shape index (κ3) is 5.59. The fourth-order valence-electron chi connectivity index (χ4n) is 1.24. The van der Waals surface area contributed by atoms with Crippen LogP contribution in [-0.2, 0) is 10.0 Å². The maximum absolute atomic E-state index is 11.9. The normalized spacial score (nSPS) is 12.8. The van der Waals surface area contributed by atoms with Gasteiger partial charge in [-0.05, 0) is 24.3 Å². The first kappa shape index (κ1) is 16.5. The zero-order valence-electron chi connectivity index (χ0n) is 10.2. The number of ether oxygens (including phenoxy) is 1. The molecular weight excluding hydrogens is 297 g/mol. The summed E-state index contributed by atoms with van der Waals surface area (Å²) in [5.41, 5.74) is 5.19. The molecule has 0 amide bonds. The summed E-state index contributed by atoms with van der Waals surface area (Å²) < 4.78 is 65.2. The van der Waals surface area contributed by atoms with Gasteiger partial charge in [-0.1, -0.05) is 12.2 Å². The van der Waals surface area contributed by atoms with Gasteiger partial charge in [-0.3, -0.25) is 0 Å². The predicted molar refractivity (Wildman–Crippen MR) is 66.5 cm³/mol. The van der Waals surface area contributed by atoms with Crippen LogP contribution in [0.1, 0.15) is 0 Å². The van der Waals surface area contributed by atoms with Gasteiger partial charge in [0.05, 0.1) is 4.90 Å². The number of nitrogens with one attached hydrogen (secondary N) is 1. The van der Waals surface area contributed by atoms with E-state index in [4.69, 9.17) is 5.73 Å². The molecule has 1 aromatic carbocycles. The molecule has 0 aliphatic carbocycles. The molecule has 0 aliphatic rings. The highest BCUT2D eigenvalue weighted by molar-refractivity contribution is 7.89. The molecule has 0 saturated carbocycles. The van der Waals surface area contributed by atoms with E-state index in [1.807, 2.05) is 0 Å². The van der Waals surface area contributed by atoms with Crippen molar-refractivity contribution in [1.82, 2.24) is 4.72 Å². The van der Waals surface area contributed by atoms with Crippen LogP contribution in [0.5, 0.6) is 5.75 Å². The van der Waals surface area contributed by atoms with E-state index in [9.17, 15) is 21.6 Å². The van der Waals surface area contributed by atoms with Crippen molar-refractivity contribution in [2.24, 2.45) is 5.73 Å². The molecule has 0 unspecified atom stereocenters. The molecule has 0 saturated heterocycles. The first-order chi connectivity index (χ1) is 9.24. The number of hydrogen-bond acceptors (Lipinski definition) is 4. The van der Waals surface area contributed by atoms with Crippen molar-refractivity contribution in [3.05, 3.63) is 36.4 Å². The van der Waals surface area contributed by atoms with E-state index in [1.54, 1.807) is 6.08 Å². The summed E-state index contributed by atoms with van der Waals surface area (Å²) in [6.07, 6.45) is -1.72. The molecule has 1 rings (SSSR count). The average molecular weight is 310 g/mol. The van der Waals surface area contributed by atoms with Crippen LogP contribution in [0.4, 0.5) is 13.2 Å². The minimum absolute atomic E-state index is 0.0420. The highest BCUT2D eigenvalue weighted by Gasteiger charge is 2.31. The second-order valence-electron chi connectivity index (χ2n) is 3.58. The molecule has 5 nitrogen and oxygen atoms in total. The highest BCUT2D eigenvalue weighted by atomic mass is 32.2. The van der Waals surface area contributed by atoms with Gasteiger partial charge in [0.2, 0.25) is 10.0 Å². The summed E-state index contributed by atoms with van der Waals surface area (Å²) in [6.45, 7) is 0.325. The molecule has 20 heavy (non-hydrogen) atoms. The zero-order chi connectivity index (χ0) is 15.2. The van der Waals surface area contributed by atoms with Crippen molar-refractivity contribution in [1.29, 1.82) is 0 Å². The molecule has 9 heteroatoms. The number of sulfonamides is 1. The zero-order valence-corrected chi connectivity index (χ0v) is 11.0. The Kier molecular flexibility index (Phi) is 5.54. The molecule has 0 atom stereocenters. The lowest BCUT2D eigenvalue weighted by Gasteiger charge is -2.09. The van der Waals surface area contributed by atoms with Gasteiger partial charge >= 0.3 is 6.36 Å². The molecule has 112 valence electrons. The van der Waals surface area contributed by atoms with Gasteiger partial charge in [0, 0.05) is 13.1 Å². The minimum Gasteiger partial charge on any atom is -0.406 e. The van der Waals surface area contributed by atoms with Crippen molar-refractivity contribution in [3.63, 3.8) is 0 Å². The van der Waals surface area contributed by atoms with E-state index in [0.717, 1.165) is 24.3 Å². The topological polar surface area (TPSA) is 81.4 Å². The minimum atomic E-state index is -4.81. The summed E-state index contributed by atoms with van der Waals surface area (Å²) in [5, 5.41) is 0. The molecular formula is C11H13F3N2O3S. The number of alkyl halides is 3. The number of benzene rings is 1. The first-order valence-electron chi connectivity index (χ1n) is 5.45. The molecule has 3 N–H and O–H groups in total.